The molecule has 0 heterocycles. The molecule has 0 spiro atoms. The monoisotopic (exact) mass is 514 g/mol. The van der Waals surface area contributed by atoms with Crippen molar-refractivity contribution in [3.8, 4) is 0 Å². The van der Waals surface area contributed by atoms with E-state index >= 15 is 0 Å². The predicted octanol–water partition coefficient (Wildman–Crippen LogP) is 6.37. The molecule has 0 fully saturated rings. The zero-order valence-corrected chi connectivity index (χ0v) is 22.6. The van der Waals surface area contributed by atoms with E-state index in [0.717, 1.165) is 32.1 Å². The molecule has 2 unspecified atom stereocenters. The molecule has 0 aliphatic heterocycles. The van der Waals surface area contributed by atoms with E-state index in [1.165, 1.54) is 51.4 Å². The lowest BCUT2D eigenvalue weighted by atomic mass is 9.63. The van der Waals surface area contributed by atoms with Crippen LogP contribution in [0.15, 0.2) is 0 Å². The van der Waals surface area contributed by atoms with Crippen LogP contribution in [0.25, 0.3) is 0 Å². The number of carbonyl (C=O) groups is 4. The van der Waals surface area contributed by atoms with Crippen LogP contribution in [0.5, 0.6) is 0 Å². The number of carboxylic acids is 3. The van der Waals surface area contributed by atoms with Crippen molar-refractivity contribution in [2.75, 3.05) is 0 Å². The third-order valence-electron chi connectivity index (χ3n) is 7.22. The maximum Gasteiger partial charge on any atom is 0.338 e. The Morgan fingerprint density at radius 1 is 0.556 bits per heavy atom. The highest BCUT2D eigenvalue weighted by atomic mass is 16.4. The average Bonchev–Trinajstić information content (AvgIpc) is 2.80. The standard InChI is InChI=1S/C28H50O8/c1-3-5-7-8-9-10-11-12-13-14-15-16-17-19-21-27(25(32)33,23(29)20-18-6-4-2)28(36,26(34)35)22-24(30)31/h36H,3-22H2,1-2H3,(H,30,31)(H,32,33)(H,34,35). The summed E-state index contributed by atoms with van der Waals surface area (Å²) in [5.41, 5.74) is -5.91. The Bertz CT molecular complexity index is 662. The summed E-state index contributed by atoms with van der Waals surface area (Å²) in [6.07, 6.45) is 14.8. The van der Waals surface area contributed by atoms with Crippen molar-refractivity contribution in [2.24, 2.45) is 5.41 Å². The first-order valence-electron chi connectivity index (χ1n) is 14.0. The fourth-order valence-corrected chi connectivity index (χ4v) is 4.94. The van der Waals surface area contributed by atoms with Crippen molar-refractivity contribution < 1.29 is 39.6 Å². The van der Waals surface area contributed by atoms with Crippen LogP contribution in [0.2, 0.25) is 0 Å². The third kappa shape index (κ3) is 11.4. The van der Waals surface area contributed by atoms with E-state index in [2.05, 4.69) is 6.92 Å². The number of ketones is 1. The molecular weight excluding hydrogens is 464 g/mol. The molecule has 0 bridgehead atoms. The fraction of sp³-hybridized carbons (Fsp3) is 0.857. The Labute approximate surface area is 216 Å². The van der Waals surface area contributed by atoms with Gasteiger partial charge >= 0.3 is 17.9 Å². The molecule has 0 aliphatic carbocycles. The van der Waals surface area contributed by atoms with Gasteiger partial charge in [0.25, 0.3) is 0 Å². The summed E-state index contributed by atoms with van der Waals surface area (Å²) in [7, 11) is 0. The summed E-state index contributed by atoms with van der Waals surface area (Å²) in [4.78, 5) is 48.7. The molecule has 2 atom stereocenters. The number of carbonyl (C=O) groups excluding carboxylic acids is 1. The van der Waals surface area contributed by atoms with Gasteiger partial charge in [-0.25, -0.2) is 4.79 Å². The largest absolute Gasteiger partial charge is 0.481 e. The van der Waals surface area contributed by atoms with Gasteiger partial charge in [0, 0.05) is 6.42 Å². The lowest BCUT2D eigenvalue weighted by molar-refractivity contribution is -0.196. The highest BCUT2D eigenvalue weighted by Gasteiger charge is 2.65. The predicted molar refractivity (Wildman–Crippen MR) is 139 cm³/mol. The van der Waals surface area contributed by atoms with Crippen LogP contribution in [-0.2, 0) is 19.2 Å². The van der Waals surface area contributed by atoms with Crippen molar-refractivity contribution >= 4 is 23.7 Å². The molecule has 0 radical (unpaired) electrons. The molecule has 0 aromatic carbocycles. The van der Waals surface area contributed by atoms with E-state index in [1.54, 1.807) is 0 Å². The van der Waals surface area contributed by atoms with E-state index in [9.17, 15) is 39.6 Å². The van der Waals surface area contributed by atoms with Crippen molar-refractivity contribution in [3.63, 3.8) is 0 Å². The zero-order chi connectivity index (χ0) is 27.5. The minimum absolute atomic E-state index is 0.214. The van der Waals surface area contributed by atoms with E-state index in [4.69, 9.17) is 0 Å². The lowest BCUT2D eigenvalue weighted by Gasteiger charge is -2.39. The van der Waals surface area contributed by atoms with Crippen LogP contribution in [0, 0.1) is 5.41 Å². The quantitative estimate of drug-likeness (QED) is 0.0811. The number of rotatable bonds is 25. The number of hydrogen-bond donors (Lipinski definition) is 4. The molecule has 0 saturated heterocycles. The zero-order valence-electron chi connectivity index (χ0n) is 22.6. The van der Waals surface area contributed by atoms with E-state index in [1.807, 2.05) is 6.92 Å². The molecule has 0 aromatic heterocycles. The molecule has 0 aromatic rings. The first kappa shape index (κ1) is 34.0. The molecule has 0 rings (SSSR count). The number of hydrogen-bond acceptors (Lipinski definition) is 5. The summed E-state index contributed by atoms with van der Waals surface area (Å²) < 4.78 is 0. The maximum absolute atomic E-state index is 13.1. The van der Waals surface area contributed by atoms with E-state index < -0.39 is 47.5 Å². The number of aliphatic carboxylic acids is 3. The van der Waals surface area contributed by atoms with Gasteiger partial charge in [-0.2, -0.15) is 0 Å². The second-order valence-corrected chi connectivity index (χ2v) is 10.2. The molecule has 0 amide bonds. The molecule has 210 valence electrons. The second-order valence-electron chi connectivity index (χ2n) is 10.2. The maximum atomic E-state index is 13.1. The van der Waals surface area contributed by atoms with Crippen molar-refractivity contribution in [2.45, 2.75) is 148 Å². The van der Waals surface area contributed by atoms with Gasteiger partial charge in [-0.15, -0.1) is 0 Å². The molecular formula is C28H50O8. The Morgan fingerprint density at radius 2 is 0.944 bits per heavy atom. The van der Waals surface area contributed by atoms with Crippen molar-refractivity contribution in [1.82, 2.24) is 0 Å². The Hall–Kier alpha value is -1.96. The number of Topliss-reactive ketones (excluding diaryl/α,β-unsaturated/α-hetero) is 1. The van der Waals surface area contributed by atoms with Gasteiger partial charge in [-0.1, -0.05) is 117 Å². The minimum atomic E-state index is -3.22. The normalized spacial score (nSPS) is 14.6. The van der Waals surface area contributed by atoms with Crippen LogP contribution in [0.1, 0.15) is 142 Å². The SMILES string of the molecule is CCCCCCCCCCCCCCCCC(C(=O)O)(C(=O)CCCCC)C(O)(CC(=O)O)C(=O)O. The molecule has 8 heteroatoms. The van der Waals surface area contributed by atoms with Gasteiger partial charge in [0.15, 0.2) is 16.8 Å². The van der Waals surface area contributed by atoms with Crippen molar-refractivity contribution in [3.05, 3.63) is 0 Å². The van der Waals surface area contributed by atoms with Crippen LogP contribution in [0.3, 0.4) is 0 Å². The number of carboxylic acid groups (broad SMARTS) is 3. The first-order valence-corrected chi connectivity index (χ1v) is 14.0. The molecule has 36 heavy (non-hydrogen) atoms. The average molecular weight is 515 g/mol. The van der Waals surface area contributed by atoms with Crippen molar-refractivity contribution in [1.29, 1.82) is 0 Å². The summed E-state index contributed by atoms with van der Waals surface area (Å²) >= 11 is 0. The Kier molecular flexibility index (Phi) is 18.1. The van der Waals surface area contributed by atoms with Gasteiger partial charge in [0.05, 0.1) is 6.42 Å². The van der Waals surface area contributed by atoms with Gasteiger partial charge < -0.3 is 20.4 Å². The third-order valence-corrected chi connectivity index (χ3v) is 7.22. The summed E-state index contributed by atoms with van der Waals surface area (Å²) in [6, 6.07) is 0. The van der Waals surface area contributed by atoms with Crippen LogP contribution in [-0.4, -0.2) is 49.7 Å². The highest BCUT2D eigenvalue weighted by Crippen LogP contribution is 2.43. The van der Waals surface area contributed by atoms with Gasteiger partial charge in [0.1, 0.15) is 0 Å². The second kappa shape index (κ2) is 19.2. The Balaban J connectivity index is 4.87. The summed E-state index contributed by atoms with van der Waals surface area (Å²) in [6.45, 7) is 4.12. The lowest BCUT2D eigenvalue weighted by Crippen LogP contribution is -2.63. The van der Waals surface area contributed by atoms with Crippen LogP contribution < -0.4 is 0 Å². The summed E-state index contributed by atoms with van der Waals surface area (Å²) in [5, 5.41) is 39.8. The molecule has 0 aliphatic rings. The first-order chi connectivity index (χ1) is 17.1. The topological polar surface area (TPSA) is 149 Å². The van der Waals surface area contributed by atoms with Gasteiger partial charge in [0.2, 0.25) is 0 Å². The van der Waals surface area contributed by atoms with Crippen LogP contribution >= 0.6 is 0 Å². The fourth-order valence-electron chi connectivity index (χ4n) is 4.94. The number of unbranched alkanes of at least 4 members (excludes halogenated alkanes) is 15. The number of aliphatic hydroxyl groups is 1. The van der Waals surface area contributed by atoms with Crippen LogP contribution in [0.4, 0.5) is 0 Å². The Morgan fingerprint density at radius 3 is 1.31 bits per heavy atom. The minimum Gasteiger partial charge on any atom is -0.481 e. The molecule has 0 saturated carbocycles. The van der Waals surface area contributed by atoms with Gasteiger partial charge in [-0.05, 0) is 12.8 Å². The smallest absolute Gasteiger partial charge is 0.338 e. The highest BCUT2D eigenvalue weighted by molar-refractivity contribution is 6.09. The van der Waals surface area contributed by atoms with E-state index in [0.29, 0.717) is 19.3 Å². The van der Waals surface area contributed by atoms with Gasteiger partial charge in [-0.3, -0.25) is 14.4 Å². The summed E-state index contributed by atoms with van der Waals surface area (Å²) in [5.74, 6) is -6.36. The van der Waals surface area contributed by atoms with E-state index in [-0.39, 0.29) is 12.8 Å². The molecule has 4 N–H and O–H groups in total. The molecule has 8 nitrogen and oxygen atoms in total.